The van der Waals surface area contributed by atoms with Crippen LogP contribution in [0.25, 0.3) is 11.5 Å². The van der Waals surface area contributed by atoms with E-state index in [1.165, 1.54) is 6.07 Å². The number of rotatable bonds is 6. The Kier molecular flexibility index (Phi) is 5.40. The minimum atomic E-state index is -3.06. The largest absolute Gasteiger partial charge is 0.441 e. The van der Waals surface area contributed by atoms with Crippen molar-refractivity contribution in [1.82, 2.24) is 9.88 Å². The Bertz CT molecular complexity index is 898. The Morgan fingerprint density at radius 2 is 2.15 bits per heavy atom. The predicted octanol–water partition coefficient (Wildman–Crippen LogP) is 1.91. The first kappa shape index (κ1) is 18.9. The van der Waals surface area contributed by atoms with Crippen molar-refractivity contribution < 1.29 is 26.7 Å². The highest BCUT2D eigenvalue weighted by Crippen LogP contribution is 2.27. The van der Waals surface area contributed by atoms with Gasteiger partial charge >= 0.3 is 0 Å². The van der Waals surface area contributed by atoms with E-state index in [-0.39, 0.29) is 42.2 Å². The smallest absolute Gasteiger partial charge is 0.229 e. The van der Waals surface area contributed by atoms with Gasteiger partial charge in [-0.15, -0.1) is 0 Å². The number of sulfone groups is 1. The van der Waals surface area contributed by atoms with E-state index in [0.717, 1.165) is 12.1 Å². The molecule has 1 saturated heterocycles. The molecule has 0 saturated carbocycles. The molecule has 0 unspecified atom stereocenters. The highest BCUT2D eigenvalue weighted by Gasteiger charge is 2.32. The third-order valence-electron chi connectivity index (χ3n) is 4.52. The van der Waals surface area contributed by atoms with Gasteiger partial charge in [0.1, 0.15) is 17.4 Å². The van der Waals surface area contributed by atoms with Gasteiger partial charge in [0, 0.05) is 25.2 Å². The predicted molar refractivity (Wildman–Crippen MR) is 91.1 cm³/mol. The van der Waals surface area contributed by atoms with Gasteiger partial charge in [-0.3, -0.25) is 4.90 Å². The summed E-state index contributed by atoms with van der Waals surface area (Å²) in [6.07, 6.45) is 0.499. The zero-order chi connectivity index (χ0) is 18.9. The molecular weight excluding hydrogens is 366 g/mol. The second-order valence-electron chi connectivity index (χ2n) is 6.40. The molecule has 1 aromatic heterocycles. The summed E-state index contributed by atoms with van der Waals surface area (Å²) < 4.78 is 56.0. The first-order valence-corrected chi connectivity index (χ1v) is 10.1. The fourth-order valence-corrected chi connectivity index (χ4v) is 4.89. The lowest BCUT2D eigenvalue weighted by Gasteiger charge is -2.26. The molecule has 0 aliphatic carbocycles. The Morgan fingerprint density at radius 3 is 2.77 bits per heavy atom. The van der Waals surface area contributed by atoms with Gasteiger partial charge in [0.15, 0.2) is 9.84 Å². The van der Waals surface area contributed by atoms with Crippen molar-refractivity contribution in [2.75, 3.05) is 24.7 Å². The molecule has 2 aromatic rings. The van der Waals surface area contributed by atoms with Crippen molar-refractivity contribution in [3.05, 3.63) is 41.3 Å². The number of hydrogen-bond donors (Lipinski definition) is 1. The number of aliphatic hydroxyl groups is 1. The minimum absolute atomic E-state index is 0.0398. The first-order valence-electron chi connectivity index (χ1n) is 8.26. The van der Waals surface area contributed by atoms with Crippen LogP contribution in [0.1, 0.15) is 17.9 Å². The number of aliphatic hydroxyl groups excluding tert-OH is 1. The highest BCUT2D eigenvalue weighted by atomic mass is 32.2. The summed E-state index contributed by atoms with van der Waals surface area (Å²) in [7, 11) is -3.06. The maximum atomic E-state index is 13.9. The normalized spacial score (nSPS) is 19.3. The molecule has 26 heavy (non-hydrogen) atoms. The lowest BCUT2D eigenvalue weighted by atomic mass is 10.2. The number of halogens is 2. The molecule has 0 amide bonds. The summed E-state index contributed by atoms with van der Waals surface area (Å²) in [6, 6.07) is 2.94. The molecule has 0 spiro atoms. The first-order chi connectivity index (χ1) is 12.3. The molecule has 1 aromatic carbocycles. The van der Waals surface area contributed by atoms with Crippen molar-refractivity contribution in [2.24, 2.45) is 0 Å². The van der Waals surface area contributed by atoms with Crippen LogP contribution in [-0.4, -0.2) is 54.1 Å². The van der Waals surface area contributed by atoms with Gasteiger partial charge in [0.05, 0.1) is 29.4 Å². The van der Waals surface area contributed by atoms with E-state index in [0.29, 0.717) is 24.4 Å². The third kappa shape index (κ3) is 4.11. The van der Waals surface area contributed by atoms with E-state index >= 15 is 0 Å². The fourth-order valence-electron chi connectivity index (χ4n) is 3.13. The van der Waals surface area contributed by atoms with Crippen LogP contribution in [0.15, 0.2) is 22.6 Å². The Morgan fingerprint density at radius 1 is 1.38 bits per heavy atom. The summed E-state index contributed by atoms with van der Waals surface area (Å²) in [5, 5.41) is 9.30. The molecule has 0 radical (unpaired) electrons. The second kappa shape index (κ2) is 7.42. The van der Waals surface area contributed by atoms with Crippen LogP contribution in [0.5, 0.6) is 0 Å². The van der Waals surface area contributed by atoms with Crippen molar-refractivity contribution in [2.45, 2.75) is 25.9 Å². The van der Waals surface area contributed by atoms with E-state index < -0.39 is 21.5 Å². The number of oxazole rings is 1. The molecule has 1 atom stereocenters. The zero-order valence-electron chi connectivity index (χ0n) is 14.3. The van der Waals surface area contributed by atoms with E-state index in [4.69, 9.17) is 4.42 Å². The molecule has 1 aliphatic heterocycles. The summed E-state index contributed by atoms with van der Waals surface area (Å²) in [5.41, 5.74) is 0.583. The van der Waals surface area contributed by atoms with Crippen LogP contribution in [0, 0.1) is 18.6 Å². The lowest BCUT2D eigenvalue weighted by molar-refractivity contribution is 0.152. The second-order valence-corrected chi connectivity index (χ2v) is 8.63. The van der Waals surface area contributed by atoms with Crippen molar-refractivity contribution in [3.8, 4) is 11.5 Å². The lowest BCUT2D eigenvalue weighted by Crippen LogP contribution is -2.38. The van der Waals surface area contributed by atoms with E-state index in [1.54, 1.807) is 6.92 Å². The minimum Gasteiger partial charge on any atom is -0.441 e. The van der Waals surface area contributed by atoms with Crippen molar-refractivity contribution in [1.29, 1.82) is 0 Å². The Labute approximate surface area is 150 Å². The maximum Gasteiger partial charge on any atom is 0.229 e. The summed E-state index contributed by atoms with van der Waals surface area (Å²) in [4.78, 5) is 6.15. The van der Waals surface area contributed by atoms with Gasteiger partial charge in [-0.05, 0) is 25.5 Å². The van der Waals surface area contributed by atoms with Crippen molar-refractivity contribution in [3.63, 3.8) is 0 Å². The number of aryl methyl sites for hydroxylation is 1. The summed E-state index contributed by atoms with van der Waals surface area (Å²) in [5.74, 6) is -0.781. The van der Waals surface area contributed by atoms with Crippen molar-refractivity contribution >= 4 is 9.84 Å². The summed E-state index contributed by atoms with van der Waals surface area (Å²) >= 11 is 0. The molecule has 2 heterocycles. The molecule has 142 valence electrons. The quantitative estimate of drug-likeness (QED) is 0.817. The maximum absolute atomic E-state index is 13.9. The molecule has 3 rings (SSSR count). The van der Waals surface area contributed by atoms with Crippen LogP contribution in [0.3, 0.4) is 0 Å². The topological polar surface area (TPSA) is 83.6 Å². The molecular formula is C17H20F2N2O4S. The molecule has 6 nitrogen and oxygen atoms in total. The zero-order valence-corrected chi connectivity index (χ0v) is 15.1. The van der Waals surface area contributed by atoms with E-state index in [9.17, 15) is 22.3 Å². The summed E-state index contributed by atoms with van der Waals surface area (Å²) in [6.45, 7) is 2.13. The van der Waals surface area contributed by atoms with E-state index in [2.05, 4.69) is 4.98 Å². The van der Waals surface area contributed by atoms with Gasteiger partial charge in [0.25, 0.3) is 0 Å². The number of nitrogens with zero attached hydrogens (tertiary/aromatic N) is 2. The Hall–Kier alpha value is -1.84. The van der Waals surface area contributed by atoms with Crippen LogP contribution in [-0.2, 0) is 16.4 Å². The average molecular weight is 386 g/mol. The van der Waals surface area contributed by atoms with Gasteiger partial charge < -0.3 is 9.52 Å². The van der Waals surface area contributed by atoms with Crippen LogP contribution < -0.4 is 0 Å². The molecule has 9 heteroatoms. The third-order valence-corrected chi connectivity index (χ3v) is 6.27. The SMILES string of the molecule is Cc1oc(-c2ccc(F)cc2F)nc1CN(CCO)[C@@H]1CCS(=O)(=O)C1. The van der Waals surface area contributed by atoms with Crippen LogP contribution in [0.4, 0.5) is 8.78 Å². The van der Waals surface area contributed by atoms with Gasteiger partial charge in [-0.25, -0.2) is 22.2 Å². The molecule has 1 aliphatic rings. The Balaban J connectivity index is 1.83. The monoisotopic (exact) mass is 386 g/mol. The van der Waals surface area contributed by atoms with Gasteiger partial charge in [0.2, 0.25) is 5.89 Å². The van der Waals surface area contributed by atoms with Gasteiger partial charge in [-0.1, -0.05) is 0 Å². The number of benzene rings is 1. The molecule has 1 fully saturated rings. The fraction of sp³-hybridized carbons (Fsp3) is 0.471. The number of aromatic nitrogens is 1. The van der Waals surface area contributed by atoms with E-state index in [1.807, 2.05) is 4.90 Å². The molecule has 0 bridgehead atoms. The molecule has 1 N–H and O–H groups in total. The standard InChI is InChI=1S/C17H20F2N2O4S/c1-11-16(9-21(5-6-22)13-4-7-26(23,24)10-13)20-17(25-11)14-3-2-12(18)8-15(14)19/h2-3,8,13,22H,4-7,9-10H2,1H3/t13-/m1/s1. The number of hydrogen-bond acceptors (Lipinski definition) is 6. The average Bonchev–Trinajstić information content (AvgIpc) is 3.09. The van der Waals surface area contributed by atoms with Crippen LogP contribution in [0.2, 0.25) is 0 Å². The highest BCUT2D eigenvalue weighted by molar-refractivity contribution is 7.91. The van der Waals surface area contributed by atoms with Gasteiger partial charge in [-0.2, -0.15) is 0 Å². The van der Waals surface area contributed by atoms with Crippen LogP contribution >= 0.6 is 0 Å².